The Bertz CT molecular complexity index is 764. The second-order valence-electron chi connectivity index (χ2n) is 6.61. The number of nitrogens with zero attached hydrogens (tertiary/aromatic N) is 1. The fourth-order valence-electron chi connectivity index (χ4n) is 3.14. The Balaban J connectivity index is 1.91. The van der Waals surface area contributed by atoms with Gasteiger partial charge in [-0.2, -0.15) is 0 Å². The second kappa shape index (κ2) is 5.73. The molecule has 0 atom stereocenters. The summed E-state index contributed by atoms with van der Waals surface area (Å²) in [5.41, 5.74) is 4.39. The van der Waals surface area contributed by atoms with Crippen molar-refractivity contribution in [1.29, 1.82) is 0 Å². The summed E-state index contributed by atoms with van der Waals surface area (Å²) in [5.74, 6) is 0.309. The van der Waals surface area contributed by atoms with Crippen molar-refractivity contribution in [3.63, 3.8) is 0 Å². The van der Waals surface area contributed by atoms with Crippen LogP contribution in [0, 0.1) is 12.7 Å². The lowest BCUT2D eigenvalue weighted by molar-refractivity contribution is 0.285. The maximum atomic E-state index is 13.5. The standard InChI is InChI=1S/C20H22FNO/c1-14-9-10-16(21)11-19(14)23-13-22-18-8-6-5-7-17(18)15(2)12-20(22,3)4/h5-12H,13H2,1-4H3. The molecule has 2 aromatic carbocycles. The van der Waals surface area contributed by atoms with Crippen LogP contribution in [0.15, 0.2) is 48.5 Å². The lowest BCUT2D eigenvalue weighted by atomic mass is 9.89. The first-order chi connectivity index (χ1) is 10.9. The van der Waals surface area contributed by atoms with E-state index >= 15 is 0 Å². The van der Waals surface area contributed by atoms with Gasteiger partial charge in [-0.25, -0.2) is 4.39 Å². The third-order valence-corrected chi connectivity index (χ3v) is 4.38. The summed E-state index contributed by atoms with van der Waals surface area (Å²) < 4.78 is 19.4. The monoisotopic (exact) mass is 311 g/mol. The molecule has 2 aromatic rings. The SMILES string of the molecule is CC1=CC(C)(C)N(COc2cc(F)ccc2C)c2ccccc21. The zero-order valence-corrected chi connectivity index (χ0v) is 14.1. The Kier molecular flexibility index (Phi) is 3.88. The summed E-state index contributed by atoms with van der Waals surface area (Å²) in [6.07, 6.45) is 2.25. The van der Waals surface area contributed by atoms with Gasteiger partial charge in [-0.3, -0.25) is 0 Å². The molecular formula is C20H22FNO. The van der Waals surface area contributed by atoms with Crippen LogP contribution in [-0.2, 0) is 0 Å². The number of benzene rings is 2. The fourth-order valence-corrected chi connectivity index (χ4v) is 3.14. The van der Waals surface area contributed by atoms with Gasteiger partial charge in [0.15, 0.2) is 6.73 Å². The molecule has 0 unspecified atom stereocenters. The van der Waals surface area contributed by atoms with Crippen LogP contribution < -0.4 is 9.64 Å². The van der Waals surface area contributed by atoms with Gasteiger partial charge in [0.1, 0.15) is 11.6 Å². The first-order valence-corrected chi connectivity index (χ1v) is 7.84. The third-order valence-electron chi connectivity index (χ3n) is 4.38. The molecule has 0 spiro atoms. The van der Waals surface area contributed by atoms with E-state index in [1.165, 1.54) is 23.3 Å². The van der Waals surface area contributed by atoms with Crippen LogP contribution in [0.5, 0.6) is 5.75 Å². The molecule has 120 valence electrons. The summed E-state index contributed by atoms with van der Waals surface area (Å²) in [6.45, 7) is 8.75. The smallest absolute Gasteiger partial charge is 0.162 e. The normalized spacial score (nSPS) is 15.9. The van der Waals surface area contributed by atoms with Gasteiger partial charge in [-0.05, 0) is 51.0 Å². The molecule has 0 amide bonds. The van der Waals surface area contributed by atoms with Crippen molar-refractivity contribution in [1.82, 2.24) is 0 Å². The van der Waals surface area contributed by atoms with E-state index in [2.05, 4.69) is 43.9 Å². The molecule has 0 fully saturated rings. The Morgan fingerprint density at radius 3 is 2.61 bits per heavy atom. The van der Waals surface area contributed by atoms with Crippen LogP contribution in [0.3, 0.4) is 0 Å². The highest BCUT2D eigenvalue weighted by Gasteiger charge is 2.31. The van der Waals surface area contributed by atoms with Crippen LogP contribution in [0.4, 0.5) is 10.1 Å². The summed E-state index contributed by atoms with van der Waals surface area (Å²) in [6, 6.07) is 12.9. The first-order valence-electron chi connectivity index (χ1n) is 7.84. The molecule has 0 N–H and O–H groups in total. The Morgan fingerprint density at radius 1 is 1.09 bits per heavy atom. The predicted octanol–water partition coefficient (Wildman–Crippen LogP) is 5.17. The van der Waals surface area contributed by atoms with Gasteiger partial charge < -0.3 is 9.64 Å². The van der Waals surface area contributed by atoms with Crippen LogP contribution in [-0.4, -0.2) is 12.3 Å². The number of aryl methyl sites for hydroxylation is 1. The van der Waals surface area contributed by atoms with Gasteiger partial charge >= 0.3 is 0 Å². The number of ether oxygens (including phenoxy) is 1. The van der Waals surface area contributed by atoms with Crippen LogP contribution in [0.2, 0.25) is 0 Å². The van der Waals surface area contributed by atoms with Gasteiger partial charge in [0, 0.05) is 17.3 Å². The largest absolute Gasteiger partial charge is 0.473 e. The zero-order valence-electron chi connectivity index (χ0n) is 14.1. The lowest BCUT2D eigenvalue weighted by Crippen LogP contribution is -2.47. The number of hydrogen-bond acceptors (Lipinski definition) is 2. The fraction of sp³-hybridized carbons (Fsp3) is 0.300. The van der Waals surface area contributed by atoms with E-state index in [1.54, 1.807) is 6.07 Å². The van der Waals surface area contributed by atoms with Gasteiger partial charge in [0.05, 0.1) is 5.54 Å². The number of anilines is 1. The van der Waals surface area contributed by atoms with Crippen molar-refractivity contribution in [2.45, 2.75) is 33.2 Å². The van der Waals surface area contributed by atoms with E-state index in [0.29, 0.717) is 12.5 Å². The molecule has 1 aliphatic heterocycles. The summed E-state index contributed by atoms with van der Waals surface area (Å²) in [4.78, 5) is 2.21. The van der Waals surface area contributed by atoms with Crippen molar-refractivity contribution >= 4 is 11.3 Å². The van der Waals surface area contributed by atoms with Crippen molar-refractivity contribution < 1.29 is 9.13 Å². The highest BCUT2D eigenvalue weighted by molar-refractivity contribution is 5.80. The highest BCUT2D eigenvalue weighted by Crippen LogP contribution is 2.38. The van der Waals surface area contributed by atoms with Gasteiger partial charge in [0.25, 0.3) is 0 Å². The minimum absolute atomic E-state index is 0.167. The van der Waals surface area contributed by atoms with E-state index in [1.807, 2.05) is 19.1 Å². The molecule has 3 heteroatoms. The van der Waals surface area contributed by atoms with Crippen LogP contribution >= 0.6 is 0 Å². The molecule has 0 saturated carbocycles. The molecule has 3 rings (SSSR count). The molecule has 1 aliphatic rings. The molecule has 0 saturated heterocycles. The third kappa shape index (κ3) is 2.96. The van der Waals surface area contributed by atoms with Crippen molar-refractivity contribution in [2.75, 3.05) is 11.6 Å². The summed E-state index contributed by atoms with van der Waals surface area (Å²) in [5, 5.41) is 0. The van der Waals surface area contributed by atoms with E-state index in [0.717, 1.165) is 11.3 Å². The zero-order chi connectivity index (χ0) is 16.6. The Labute approximate surface area is 137 Å². The predicted molar refractivity (Wildman–Crippen MR) is 93.3 cm³/mol. The molecular weight excluding hydrogens is 289 g/mol. The van der Waals surface area contributed by atoms with Crippen molar-refractivity contribution in [3.05, 3.63) is 65.5 Å². The van der Waals surface area contributed by atoms with E-state index in [-0.39, 0.29) is 11.4 Å². The topological polar surface area (TPSA) is 12.5 Å². The number of allylic oxidation sites excluding steroid dienone is 1. The molecule has 1 heterocycles. The van der Waals surface area contributed by atoms with E-state index < -0.39 is 0 Å². The first kappa shape index (κ1) is 15.6. The molecule has 2 nitrogen and oxygen atoms in total. The molecule has 0 bridgehead atoms. The quantitative estimate of drug-likeness (QED) is 0.775. The molecule has 0 radical (unpaired) electrons. The van der Waals surface area contributed by atoms with E-state index in [4.69, 9.17) is 4.74 Å². The number of hydrogen-bond donors (Lipinski definition) is 0. The minimum atomic E-state index is -0.278. The summed E-state index contributed by atoms with van der Waals surface area (Å²) >= 11 is 0. The van der Waals surface area contributed by atoms with Gasteiger partial charge in [-0.15, -0.1) is 0 Å². The maximum absolute atomic E-state index is 13.5. The molecule has 0 aliphatic carbocycles. The van der Waals surface area contributed by atoms with Crippen LogP contribution in [0.1, 0.15) is 31.9 Å². The number of para-hydroxylation sites is 1. The maximum Gasteiger partial charge on any atom is 0.162 e. The molecule has 23 heavy (non-hydrogen) atoms. The average Bonchev–Trinajstić information content (AvgIpc) is 2.49. The molecule has 0 aromatic heterocycles. The minimum Gasteiger partial charge on any atom is -0.473 e. The van der Waals surface area contributed by atoms with Gasteiger partial charge in [0.2, 0.25) is 0 Å². The lowest BCUT2D eigenvalue weighted by Gasteiger charge is -2.42. The number of fused-ring (bicyclic) bond motifs is 1. The second-order valence-corrected chi connectivity index (χ2v) is 6.61. The van der Waals surface area contributed by atoms with E-state index in [9.17, 15) is 4.39 Å². The Hall–Kier alpha value is -2.29. The van der Waals surface area contributed by atoms with Crippen molar-refractivity contribution in [2.24, 2.45) is 0 Å². The average molecular weight is 311 g/mol. The van der Waals surface area contributed by atoms with Crippen LogP contribution in [0.25, 0.3) is 5.57 Å². The summed E-state index contributed by atoms with van der Waals surface area (Å²) in [7, 11) is 0. The van der Waals surface area contributed by atoms with Gasteiger partial charge in [-0.1, -0.05) is 30.3 Å². The highest BCUT2D eigenvalue weighted by atomic mass is 19.1. The Morgan fingerprint density at radius 2 is 1.83 bits per heavy atom. The van der Waals surface area contributed by atoms with Crippen molar-refractivity contribution in [3.8, 4) is 5.75 Å². The number of rotatable bonds is 3. The number of halogens is 1.